The zero-order chi connectivity index (χ0) is 21.6. The number of piperidine rings is 1. The van der Waals surface area contributed by atoms with Crippen LogP contribution < -0.4 is 10.2 Å². The average molecular weight is 437 g/mol. The summed E-state index contributed by atoms with van der Waals surface area (Å²) < 4.78 is 4.98. The number of rotatable bonds is 6. The lowest BCUT2D eigenvalue weighted by atomic mass is 9.95. The molecule has 0 radical (unpaired) electrons. The summed E-state index contributed by atoms with van der Waals surface area (Å²) in [5, 5.41) is 13.7. The van der Waals surface area contributed by atoms with Gasteiger partial charge in [-0.3, -0.25) is 4.79 Å². The van der Waals surface area contributed by atoms with Gasteiger partial charge in [0, 0.05) is 24.7 Å². The third-order valence-corrected chi connectivity index (χ3v) is 6.17. The highest BCUT2D eigenvalue weighted by Crippen LogP contribution is 2.26. The van der Waals surface area contributed by atoms with Gasteiger partial charge in [0.15, 0.2) is 5.82 Å². The Morgan fingerprint density at radius 3 is 2.48 bits per heavy atom. The minimum Gasteiger partial charge on any atom is -0.462 e. The number of nitrogens with zero attached hydrogens (tertiary/aromatic N) is 3. The lowest BCUT2D eigenvalue weighted by Crippen LogP contribution is -2.38. The standard InChI is InChI=1S/C23H24N4O3S/c1-2-30-23(29)17-5-7-18(8-6-17)24-22(28)16-11-13-27(14-12-16)21-10-9-19(25-26-21)20-4-3-15-31-20/h3-10,15-16H,2,11-14H2,1H3,(H,24,28). The predicted molar refractivity (Wildman–Crippen MR) is 121 cm³/mol. The molecule has 0 spiro atoms. The minimum atomic E-state index is -0.362. The van der Waals surface area contributed by atoms with E-state index in [4.69, 9.17) is 4.74 Å². The van der Waals surface area contributed by atoms with E-state index in [1.54, 1.807) is 42.5 Å². The topological polar surface area (TPSA) is 84.4 Å². The monoisotopic (exact) mass is 436 g/mol. The molecule has 160 valence electrons. The van der Waals surface area contributed by atoms with Crippen LogP contribution in [0.15, 0.2) is 53.9 Å². The van der Waals surface area contributed by atoms with Gasteiger partial charge >= 0.3 is 5.97 Å². The Labute approximate surface area is 185 Å². The lowest BCUT2D eigenvalue weighted by molar-refractivity contribution is -0.120. The first-order chi connectivity index (χ1) is 15.1. The van der Waals surface area contributed by atoms with Crippen LogP contribution in [0, 0.1) is 5.92 Å². The molecule has 1 N–H and O–H groups in total. The maximum atomic E-state index is 12.7. The summed E-state index contributed by atoms with van der Waals surface area (Å²) >= 11 is 1.64. The van der Waals surface area contributed by atoms with Crippen LogP contribution >= 0.6 is 11.3 Å². The quantitative estimate of drug-likeness (QED) is 0.582. The maximum absolute atomic E-state index is 12.7. The van der Waals surface area contributed by atoms with E-state index in [0.717, 1.165) is 42.3 Å². The van der Waals surface area contributed by atoms with E-state index in [9.17, 15) is 9.59 Å². The van der Waals surface area contributed by atoms with Crippen LogP contribution in [0.2, 0.25) is 0 Å². The number of hydrogen-bond acceptors (Lipinski definition) is 7. The Hall–Kier alpha value is -3.26. The fourth-order valence-electron chi connectivity index (χ4n) is 3.57. The molecule has 7 nitrogen and oxygen atoms in total. The van der Waals surface area contributed by atoms with Gasteiger partial charge < -0.3 is 15.0 Å². The van der Waals surface area contributed by atoms with Crippen LogP contribution in [0.1, 0.15) is 30.1 Å². The van der Waals surface area contributed by atoms with E-state index in [1.807, 2.05) is 29.6 Å². The van der Waals surface area contributed by atoms with Crippen LogP contribution in [0.25, 0.3) is 10.6 Å². The van der Waals surface area contributed by atoms with Crippen molar-refractivity contribution in [2.75, 3.05) is 29.9 Å². The molecule has 8 heteroatoms. The first-order valence-corrected chi connectivity index (χ1v) is 11.2. The summed E-state index contributed by atoms with van der Waals surface area (Å²) in [6.07, 6.45) is 1.50. The second kappa shape index (κ2) is 9.70. The van der Waals surface area contributed by atoms with Gasteiger partial charge in [0.2, 0.25) is 5.91 Å². The van der Waals surface area contributed by atoms with Gasteiger partial charge in [-0.15, -0.1) is 21.5 Å². The second-order valence-corrected chi connectivity index (χ2v) is 8.25. The highest BCUT2D eigenvalue weighted by molar-refractivity contribution is 7.13. The molecule has 0 aliphatic carbocycles. The van der Waals surface area contributed by atoms with E-state index in [2.05, 4.69) is 20.4 Å². The number of aromatic nitrogens is 2. The summed E-state index contributed by atoms with van der Waals surface area (Å²) in [4.78, 5) is 27.7. The summed E-state index contributed by atoms with van der Waals surface area (Å²) in [7, 11) is 0. The summed E-state index contributed by atoms with van der Waals surface area (Å²) in [6, 6.07) is 14.8. The molecule has 2 aromatic heterocycles. The van der Waals surface area contributed by atoms with Crippen LogP contribution in [-0.4, -0.2) is 41.8 Å². The molecule has 4 rings (SSSR count). The van der Waals surface area contributed by atoms with Crippen molar-refractivity contribution in [2.45, 2.75) is 19.8 Å². The smallest absolute Gasteiger partial charge is 0.338 e. The number of ether oxygens (including phenoxy) is 1. The fraction of sp³-hybridized carbons (Fsp3) is 0.304. The molecule has 31 heavy (non-hydrogen) atoms. The van der Waals surface area contributed by atoms with E-state index in [1.165, 1.54) is 0 Å². The van der Waals surface area contributed by atoms with Crippen molar-refractivity contribution >= 4 is 34.7 Å². The number of esters is 1. The second-order valence-electron chi connectivity index (χ2n) is 7.30. The van der Waals surface area contributed by atoms with Gasteiger partial charge in [-0.2, -0.15) is 0 Å². The van der Waals surface area contributed by atoms with Crippen molar-refractivity contribution in [1.29, 1.82) is 0 Å². The van der Waals surface area contributed by atoms with Crippen LogP contribution in [0.3, 0.4) is 0 Å². The molecule has 1 fully saturated rings. The molecule has 1 amide bonds. The molecule has 3 aromatic rings. The number of nitrogens with one attached hydrogen (secondary N) is 1. The van der Waals surface area contributed by atoms with E-state index in [0.29, 0.717) is 17.9 Å². The highest BCUT2D eigenvalue weighted by Gasteiger charge is 2.26. The normalized spacial score (nSPS) is 14.3. The van der Waals surface area contributed by atoms with Crippen molar-refractivity contribution in [3.05, 3.63) is 59.5 Å². The number of anilines is 2. The summed E-state index contributed by atoms with van der Waals surface area (Å²) in [5.74, 6) is 0.426. The number of thiophene rings is 1. The maximum Gasteiger partial charge on any atom is 0.338 e. The van der Waals surface area contributed by atoms with Gasteiger partial charge in [-0.05, 0) is 67.6 Å². The van der Waals surface area contributed by atoms with Gasteiger partial charge in [-0.25, -0.2) is 4.79 Å². The Morgan fingerprint density at radius 1 is 1.10 bits per heavy atom. The van der Waals surface area contributed by atoms with E-state index in [-0.39, 0.29) is 17.8 Å². The fourth-order valence-corrected chi connectivity index (χ4v) is 4.26. The molecule has 0 saturated carbocycles. The Balaban J connectivity index is 1.29. The third kappa shape index (κ3) is 5.08. The van der Waals surface area contributed by atoms with Crippen LogP contribution in [0.4, 0.5) is 11.5 Å². The molecule has 3 heterocycles. The Morgan fingerprint density at radius 2 is 1.87 bits per heavy atom. The van der Waals surface area contributed by atoms with Crippen molar-refractivity contribution in [2.24, 2.45) is 5.92 Å². The molecule has 0 unspecified atom stereocenters. The molecule has 1 aliphatic heterocycles. The van der Waals surface area contributed by atoms with Crippen molar-refractivity contribution in [3.8, 4) is 10.6 Å². The molecular weight excluding hydrogens is 412 g/mol. The van der Waals surface area contributed by atoms with E-state index < -0.39 is 0 Å². The van der Waals surface area contributed by atoms with Crippen LogP contribution in [-0.2, 0) is 9.53 Å². The summed E-state index contributed by atoms with van der Waals surface area (Å²) in [5.41, 5.74) is 2.02. The van der Waals surface area contributed by atoms with Crippen molar-refractivity contribution < 1.29 is 14.3 Å². The zero-order valence-electron chi connectivity index (χ0n) is 17.3. The molecule has 1 saturated heterocycles. The number of benzene rings is 1. The average Bonchev–Trinajstić information content (AvgIpc) is 3.35. The number of carbonyl (C=O) groups excluding carboxylic acids is 2. The molecule has 0 atom stereocenters. The molecule has 0 bridgehead atoms. The van der Waals surface area contributed by atoms with Gasteiger partial charge in [0.05, 0.1) is 17.0 Å². The van der Waals surface area contributed by atoms with E-state index >= 15 is 0 Å². The highest BCUT2D eigenvalue weighted by atomic mass is 32.1. The van der Waals surface area contributed by atoms with Gasteiger partial charge in [-0.1, -0.05) is 6.07 Å². The summed E-state index contributed by atoms with van der Waals surface area (Å²) in [6.45, 7) is 3.62. The largest absolute Gasteiger partial charge is 0.462 e. The Kier molecular flexibility index (Phi) is 6.57. The minimum absolute atomic E-state index is 0.00247. The Bertz CT molecular complexity index is 1010. The van der Waals surface area contributed by atoms with Gasteiger partial charge in [0.25, 0.3) is 0 Å². The first kappa shape index (κ1) is 21.0. The number of hydrogen-bond donors (Lipinski definition) is 1. The first-order valence-electron chi connectivity index (χ1n) is 10.3. The van der Waals surface area contributed by atoms with Crippen molar-refractivity contribution in [1.82, 2.24) is 10.2 Å². The number of amides is 1. The lowest BCUT2D eigenvalue weighted by Gasteiger charge is -2.31. The van der Waals surface area contributed by atoms with Crippen LogP contribution in [0.5, 0.6) is 0 Å². The zero-order valence-corrected chi connectivity index (χ0v) is 18.1. The SMILES string of the molecule is CCOC(=O)c1ccc(NC(=O)C2CCN(c3ccc(-c4cccs4)nn3)CC2)cc1. The third-order valence-electron chi connectivity index (χ3n) is 5.28. The predicted octanol–water partition coefficient (Wildman–Crippen LogP) is 4.24. The van der Waals surface area contributed by atoms with Crippen molar-refractivity contribution in [3.63, 3.8) is 0 Å². The molecule has 1 aromatic carbocycles. The number of carbonyl (C=O) groups is 2. The van der Waals surface area contributed by atoms with Gasteiger partial charge in [0.1, 0.15) is 5.69 Å². The molecular formula is C23H24N4O3S. The molecule has 1 aliphatic rings.